The van der Waals surface area contributed by atoms with Gasteiger partial charge in [-0.05, 0) is 35.3 Å². The van der Waals surface area contributed by atoms with E-state index in [1.165, 1.54) is 12.2 Å². The number of hydrogen-bond donors (Lipinski definition) is 3. The summed E-state index contributed by atoms with van der Waals surface area (Å²) in [6, 6.07) is 14.5. The summed E-state index contributed by atoms with van der Waals surface area (Å²) in [4.78, 5) is 0. The van der Waals surface area contributed by atoms with Crippen molar-refractivity contribution in [3.8, 4) is 0 Å². The SMILES string of the molecule is CC1=CC=C(C=Cc2ccccc2)C(S(N)(=O)=O)(S(=O)(=O)Nc2cccc3c2CNC3)C1.[NaH].[NaH]. The number of nitrogens with one attached hydrogen (secondary N) is 2. The molecule has 1 heterocycles. The molecule has 7 nitrogen and oxygen atoms in total. The van der Waals surface area contributed by atoms with E-state index >= 15 is 0 Å². The Morgan fingerprint density at radius 3 is 2.32 bits per heavy atom. The van der Waals surface area contributed by atoms with Gasteiger partial charge in [0.05, 0.1) is 5.69 Å². The third kappa shape index (κ3) is 5.64. The summed E-state index contributed by atoms with van der Waals surface area (Å²) in [6.07, 6.45) is 6.16. The summed E-state index contributed by atoms with van der Waals surface area (Å²) in [5.74, 6) is 0. The van der Waals surface area contributed by atoms with Crippen LogP contribution in [-0.2, 0) is 33.1 Å². The quantitative estimate of drug-likeness (QED) is 0.502. The van der Waals surface area contributed by atoms with Gasteiger partial charge in [0, 0.05) is 19.5 Å². The number of hydrogen-bond acceptors (Lipinski definition) is 5. The van der Waals surface area contributed by atoms with Crippen molar-refractivity contribution in [3.63, 3.8) is 0 Å². The van der Waals surface area contributed by atoms with Crippen LogP contribution in [0.1, 0.15) is 30.0 Å². The third-order valence-corrected chi connectivity index (χ3v) is 10.2. The molecule has 172 valence electrons. The van der Waals surface area contributed by atoms with Crippen LogP contribution in [0, 0.1) is 0 Å². The zero-order valence-electron chi connectivity index (χ0n) is 17.6. The normalized spacial score (nSPS) is 19.9. The monoisotopic (exact) mass is 519 g/mol. The minimum absolute atomic E-state index is 0. The number of fused-ring (bicyclic) bond motifs is 1. The van der Waals surface area contributed by atoms with Crippen LogP contribution in [0.3, 0.4) is 0 Å². The van der Waals surface area contributed by atoms with Gasteiger partial charge in [-0.3, -0.25) is 4.72 Å². The van der Waals surface area contributed by atoms with Crippen LogP contribution in [0.25, 0.3) is 6.08 Å². The van der Waals surface area contributed by atoms with E-state index in [0.717, 1.165) is 16.7 Å². The summed E-state index contributed by atoms with van der Waals surface area (Å²) >= 11 is 0. The Kier molecular flexibility index (Phi) is 10.0. The molecule has 0 radical (unpaired) electrons. The Morgan fingerprint density at radius 2 is 1.65 bits per heavy atom. The first-order chi connectivity index (χ1) is 15.1. The second kappa shape index (κ2) is 11.6. The predicted octanol–water partition coefficient (Wildman–Crippen LogP) is 1.71. The van der Waals surface area contributed by atoms with E-state index in [-0.39, 0.29) is 71.1 Å². The van der Waals surface area contributed by atoms with Crippen LogP contribution in [0.2, 0.25) is 0 Å². The first kappa shape index (κ1) is 29.5. The van der Waals surface area contributed by atoms with E-state index in [0.29, 0.717) is 24.4 Å². The van der Waals surface area contributed by atoms with Crippen molar-refractivity contribution < 1.29 is 16.8 Å². The summed E-state index contributed by atoms with van der Waals surface area (Å²) in [7, 11) is -9.11. The summed E-state index contributed by atoms with van der Waals surface area (Å²) in [6.45, 7) is 2.80. The molecular formula is C23H27N3Na2O4S2. The van der Waals surface area contributed by atoms with Gasteiger partial charge in [0.25, 0.3) is 10.0 Å². The molecule has 0 amide bonds. The number of allylic oxidation sites excluding steroid dienone is 4. The molecule has 11 heteroatoms. The Labute approximate surface area is 245 Å². The molecular weight excluding hydrogens is 492 g/mol. The van der Waals surface area contributed by atoms with E-state index in [1.54, 1.807) is 31.2 Å². The molecule has 0 fully saturated rings. The van der Waals surface area contributed by atoms with Crippen molar-refractivity contribution in [2.75, 3.05) is 4.72 Å². The Morgan fingerprint density at radius 1 is 0.941 bits per heavy atom. The van der Waals surface area contributed by atoms with Gasteiger partial charge in [-0.2, -0.15) is 0 Å². The van der Waals surface area contributed by atoms with Crippen molar-refractivity contribution in [3.05, 3.63) is 94.6 Å². The van der Waals surface area contributed by atoms with Gasteiger partial charge < -0.3 is 5.32 Å². The molecule has 2 aromatic rings. The van der Waals surface area contributed by atoms with Crippen molar-refractivity contribution in [2.45, 2.75) is 30.5 Å². The summed E-state index contributed by atoms with van der Waals surface area (Å²) < 4.78 is 53.8. The van der Waals surface area contributed by atoms with Gasteiger partial charge in [0.1, 0.15) is 0 Å². The van der Waals surface area contributed by atoms with Gasteiger partial charge in [-0.1, -0.05) is 72.3 Å². The topological polar surface area (TPSA) is 118 Å². The molecule has 34 heavy (non-hydrogen) atoms. The molecule has 2 aromatic carbocycles. The van der Waals surface area contributed by atoms with Gasteiger partial charge in [-0.15, -0.1) is 0 Å². The molecule has 1 aliphatic heterocycles. The van der Waals surface area contributed by atoms with E-state index < -0.39 is 24.1 Å². The standard InChI is InChI=1S/C23H25N3O4S2.2Na.2H/c1-17-10-12-20(13-11-18-6-3-2-4-7-18)23(14-17,31(24,27)28)32(29,30)26-22-9-5-8-19-15-25-16-21(19)22;;;;/h2-13,25-26H,14-16H2,1H3,(H2,24,27,28);;;;. The maximum atomic E-state index is 13.8. The van der Waals surface area contributed by atoms with Crippen LogP contribution in [0.4, 0.5) is 5.69 Å². The fraction of sp³-hybridized carbons (Fsp3) is 0.217. The van der Waals surface area contributed by atoms with E-state index in [4.69, 9.17) is 5.14 Å². The van der Waals surface area contributed by atoms with E-state index in [1.807, 2.05) is 36.4 Å². The fourth-order valence-corrected chi connectivity index (χ4v) is 7.89. The van der Waals surface area contributed by atoms with Crippen molar-refractivity contribution in [1.82, 2.24) is 5.32 Å². The van der Waals surface area contributed by atoms with E-state index in [2.05, 4.69) is 10.0 Å². The number of primary sulfonamides is 1. The molecule has 0 bridgehead atoms. The molecule has 2 aliphatic rings. The molecule has 0 spiro atoms. The molecule has 4 N–H and O–H groups in total. The third-order valence-electron chi connectivity index (χ3n) is 5.78. The van der Waals surface area contributed by atoms with Gasteiger partial charge in [-0.25, -0.2) is 22.0 Å². The Hall–Kier alpha value is -0.720. The Bertz CT molecular complexity index is 1360. The van der Waals surface area contributed by atoms with Gasteiger partial charge in [0.2, 0.25) is 14.1 Å². The molecule has 1 unspecified atom stereocenters. The number of anilines is 1. The molecule has 0 saturated carbocycles. The first-order valence-electron chi connectivity index (χ1n) is 10.1. The molecule has 0 aromatic heterocycles. The molecule has 1 atom stereocenters. The minimum atomic E-state index is -4.59. The van der Waals surface area contributed by atoms with Gasteiger partial charge >= 0.3 is 59.1 Å². The summed E-state index contributed by atoms with van der Waals surface area (Å²) in [5, 5.41) is 8.84. The fourth-order valence-electron chi connectivity index (χ4n) is 4.14. The van der Waals surface area contributed by atoms with Crippen molar-refractivity contribution in [1.29, 1.82) is 0 Å². The van der Waals surface area contributed by atoms with Crippen LogP contribution in [-0.4, -0.2) is 80.0 Å². The van der Waals surface area contributed by atoms with Crippen LogP contribution in [0.15, 0.2) is 77.9 Å². The molecule has 0 saturated heterocycles. The first-order valence-corrected chi connectivity index (χ1v) is 13.1. The van der Waals surface area contributed by atoms with Crippen LogP contribution >= 0.6 is 0 Å². The number of nitrogens with two attached hydrogens (primary N) is 1. The second-order valence-corrected chi connectivity index (χ2v) is 12.0. The number of rotatable bonds is 6. The number of benzene rings is 2. The molecule has 1 aliphatic carbocycles. The van der Waals surface area contributed by atoms with Crippen molar-refractivity contribution >= 4 is 90.9 Å². The summed E-state index contributed by atoms with van der Waals surface area (Å²) in [5.41, 5.74) is 3.62. The van der Waals surface area contributed by atoms with Crippen LogP contribution < -0.4 is 15.2 Å². The zero-order valence-corrected chi connectivity index (χ0v) is 19.2. The Balaban J connectivity index is 0.00000204. The van der Waals surface area contributed by atoms with Gasteiger partial charge in [0.15, 0.2) is 0 Å². The average Bonchev–Trinajstić information content (AvgIpc) is 3.22. The predicted molar refractivity (Wildman–Crippen MR) is 142 cm³/mol. The second-order valence-electron chi connectivity index (χ2n) is 8.01. The van der Waals surface area contributed by atoms with E-state index in [9.17, 15) is 16.8 Å². The maximum absolute atomic E-state index is 13.8. The average molecular weight is 520 g/mol. The number of sulfonamides is 2. The van der Waals surface area contributed by atoms with Crippen LogP contribution in [0.5, 0.6) is 0 Å². The van der Waals surface area contributed by atoms with Crippen molar-refractivity contribution in [2.24, 2.45) is 5.14 Å². The molecule has 4 rings (SSSR count). The zero-order chi connectivity index (χ0) is 23.0.